The summed E-state index contributed by atoms with van der Waals surface area (Å²) < 4.78 is 0. The Hall–Kier alpha value is -0.415. The minimum atomic E-state index is 1.10. The van der Waals surface area contributed by atoms with Gasteiger partial charge in [0.15, 0.2) is 0 Å². The maximum atomic E-state index is 3.73. The first-order valence-electron chi connectivity index (χ1n) is 2.45. The molecule has 0 N–H and O–H groups in total. The molecule has 1 rings (SSSR count). The van der Waals surface area contributed by atoms with Crippen LogP contribution < -0.4 is 5.30 Å². The van der Waals surface area contributed by atoms with Crippen LogP contribution in [0.3, 0.4) is 0 Å². The van der Waals surface area contributed by atoms with Crippen molar-refractivity contribution < 1.29 is 0 Å². The molecular formula is C6H6BP. The Bertz CT molecular complexity index is 171. The molecule has 0 aliphatic rings. The monoisotopic (exact) mass is 120 g/mol. The van der Waals surface area contributed by atoms with Crippen molar-refractivity contribution in [3.63, 3.8) is 0 Å². The summed E-state index contributed by atoms with van der Waals surface area (Å²) >= 11 is 0. The normalized spacial score (nSPS) is 9.38. The Morgan fingerprint density at radius 1 is 1.12 bits per heavy atom. The molecule has 0 aromatic heterocycles. The van der Waals surface area contributed by atoms with Crippen LogP contribution in [-0.4, -0.2) is 7.18 Å². The summed E-state index contributed by atoms with van der Waals surface area (Å²) in [6.07, 6.45) is 0. The van der Waals surface area contributed by atoms with Gasteiger partial charge in [-0.05, 0) is 0 Å². The third kappa shape index (κ3) is 1.28. The third-order valence-electron chi connectivity index (χ3n) is 0.939. The van der Waals surface area contributed by atoms with Crippen LogP contribution in [-0.2, 0) is 0 Å². The van der Waals surface area contributed by atoms with Crippen LogP contribution in [0.15, 0.2) is 30.3 Å². The zero-order chi connectivity index (χ0) is 5.82. The van der Waals surface area contributed by atoms with Gasteiger partial charge in [-0.25, -0.2) is 0 Å². The van der Waals surface area contributed by atoms with Crippen LogP contribution in [0, 0.1) is 0 Å². The average molecular weight is 120 g/mol. The van der Waals surface area contributed by atoms with Gasteiger partial charge in [0.1, 0.15) is 0 Å². The molecule has 0 spiro atoms. The molecule has 0 aliphatic heterocycles. The molecule has 0 unspecified atom stereocenters. The number of hydrogen-bond donors (Lipinski definition) is 0. The molecule has 1 aromatic rings. The Balaban J connectivity index is 2.99. The molecule has 0 heterocycles. The first kappa shape index (κ1) is 5.72. The predicted octanol–water partition coefficient (Wildman–Crippen LogP) is 1.07. The van der Waals surface area contributed by atoms with Gasteiger partial charge in [0, 0.05) is 0 Å². The zero-order valence-corrected chi connectivity index (χ0v) is 5.44. The van der Waals surface area contributed by atoms with Gasteiger partial charge in [-0.3, -0.25) is 0 Å². The molecule has 2 heteroatoms. The molecular weight excluding hydrogens is 114 g/mol. The van der Waals surface area contributed by atoms with Gasteiger partial charge in [-0.15, -0.1) is 0 Å². The summed E-state index contributed by atoms with van der Waals surface area (Å²) in [5.74, 6) is 0. The van der Waals surface area contributed by atoms with E-state index in [0.717, 1.165) is 8.07 Å². The van der Waals surface area contributed by atoms with Gasteiger partial charge in [0.05, 0.1) is 0 Å². The van der Waals surface area contributed by atoms with E-state index in [1.165, 1.54) is 5.30 Å². The van der Waals surface area contributed by atoms with Gasteiger partial charge >= 0.3 is 50.9 Å². The van der Waals surface area contributed by atoms with Crippen molar-refractivity contribution in [2.45, 2.75) is 0 Å². The summed E-state index contributed by atoms with van der Waals surface area (Å²) in [5, 5.41) is 1.27. The fourth-order valence-corrected chi connectivity index (χ4v) is 0.916. The number of hydrogen-bond acceptors (Lipinski definition) is 0. The molecule has 0 saturated heterocycles. The molecule has 0 bridgehead atoms. The Kier molecular flexibility index (Phi) is 1.99. The van der Waals surface area contributed by atoms with Crippen LogP contribution in [0.25, 0.3) is 0 Å². The molecule has 38 valence electrons. The van der Waals surface area contributed by atoms with Crippen molar-refractivity contribution in [2.24, 2.45) is 0 Å². The predicted molar refractivity (Wildman–Crippen MR) is 40.1 cm³/mol. The fourth-order valence-electron chi connectivity index (χ4n) is 0.533. The Morgan fingerprint density at radius 2 is 1.75 bits per heavy atom. The molecule has 0 atom stereocenters. The minimum absolute atomic E-state index is 1.10. The van der Waals surface area contributed by atoms with E-state index in [9.17, 15) is 0 Å². The molecule has 0 radical (unpaired) electrons. The van der Waals surface area contributed by atoms with Crippen LogP contribution >= 0.6 is 8.07 Å². The molecule has 0 fully saturated rings. The topological polar surface area (TPSA) is 0 Å². The molecule has 1 aromatic carbocycles. The molecule has 0 aliphatic carbocycles. The Morgan fingerprint density at radius 3 is 2.12 bits per heavy atom. The summed E-state index contributed by atoms with van der Waals surface area (Å²) in [6, 6.07) is 10.2. The summed E-state index contributed by atoms with van der Waals surface area (Å²) in [6.45, 7) is 0. The third-order valence-corrected chi connectivity index (χ3v) is 1.60. The van der Waals surface area contributed by atoms with Gasteiger partial charge in [0.25, 0.3) is 0 Å². The van der Waals surface area contributed by atoms with E-state index in [1.54, 1.807) is 0 Å². The number of benzene rings is 1. The fraction of sp³-hybridized carbons (Fsp3) is 0. The summed E-state index contributed by atoms with van der Waals surface area (Å²) in [5.41, 5.74) is 0. The van der Waals surface area contributed by atoms with Crippen molar-refractivity contribution in [1.82, 2.24) is 0 Å². The van der Waals surface area contributed by atoms with Crippen molar-refractivity contribution in [3.8, 4) is 0 Å². The van der Waals surface area contributed by atoms with Gasteiger partial charge in [-0.1, -0.05) is 0 Å². The standard InChI is InChI=1S/C6H6BP/c7-8-6-4-2-1-3-5-6/h1-5,7H. The van der Waals surface area contributed by atoms with E-state index in [-0.39, 0.29) is 0 Å². The van der Waals surface area contributed by atoms with Crippen LogP contribution in [0.1, 0.15) is 0 Å². The van der Waals surface area contributed by atoms with Crippen molar-refractivity contribution in [1.29, 1.82) is 0 Å². The maximum absolute atomic E-state index is 3.73. The van der Waals surface area contributed by atoms with E-state index < -0.39 is 0 Å². The Labute approximate surface area is 51.7 Å². The summed E-state index contributed by atoms with van der Waals surface area (Å²) in [7, 11) is 4.83. The van der Waals surface area contributed by atoms with E-state index in [2.05, 4.69) is 19.3 Å². The van der Waals surface area contributed by atoms with Gasteiger partial charge in [-0.2, -0.15) is 0 Å². The van der Waals surface area contributed by atoms with Crippen molar-refractivity contribution in [3.05, 3.63) is 30.3 Å². The van der Waals surface area contributed by atoms with Crippen molar-refractivity contribution >= 4 is 20.6 Å². The summed E-state index contributed by atoms with van der Waals surface area (Å²) in [4.78, 5) is 0. The van der Waals surface area contributed by atoms with E-state index in [4.69, 9.17) is 0 Å². The van der Waals surface area contributed by atoms with Gasteiger partial charge < -0.3 is 0 Å². The first-order valence-corrected chi connectivity index (χ1v) is 3.53. The van der Waals surface area contributed by atoms with Crippen molar-refractivity contribution in [2.75, 3.05) is 0 Å². The zero-order valence-electron chi connectivity index (χ0n) is 4.54. The van der Waals surface area contributed by atoms with E-state index in [0.29, 0.717) is 0 Å². The van der Waals surface area contributed by atoms with Crippen LogP contribution in [0.2, 0.25) is 0 Å². The van der Waals surface area contributed by atoms with Crippen LogP contribution in [0.5, 0.6) is 0 Å². The van der Waals surface area contributed by atoms with Crippen LogP contribution in [0.4, 0.5) is 0 Å². The second-order valence-electron chi connectivity index (χ2n) is 1.49. The molecule has 0 saturated carbocycles. The first-order chi connectivity index (χ1) is 3.93. The van der Waals surface area contributed by atoms with E-state index >= 15 is 0 Å². The number of rotatable bonds is 1. The SMILES string of the molecule is B=Pc1ccccc1. The quantitative estimate of drug-likeness (QED) is 0.384. The van der Waals surface area contributed by atoms with Gasteiger partial charge in [0.2, 0.25) is 0 Å². The second kappa shape index (κ2) is 2.79. The second-order valence-corrected chi connectivity index (χ2v) is 2.33. The molecule has 0 amide bonds. The average Bonchev–Trinajstić information content (AvgIpc) is 1.90. The molecule has 0 nitrogen and oxygen atoms in total. The molecule has 8 heavy (non-hydrogen) atoms. The van der Waals surface area contributed by atoms with E-state index in [1.807, 2.05) is 18.2 Å².